The van der Waals surface area contributed by atoms with Crippen molar-refractivity contribution in [2.75, 3.05) is 18.1 Å². The molecule has 0 atom stereocenters. The summed E-state index contributed by atoms with van der Waals surface area (Å²) >= 11 is 0. The highest BCUT2D eigenvalue weighted by molar-refractivity contribution is 6.00. The molecule has 4 N–H and O–H groups in total. The predicted octanol–water partition coefficient (Wildman–Crippen LogP) is 3.50. The van der Waals surface area contributed by atoms with E-state index in [9.17, 15) is 4.79 Å². The predicted molar refractivity (Wildman–Crippen MR) is 88.1 cm³/mol. The van der Waals surface area contributed by atoms with E-state index in [1.54, 1.807) is 25.2 Å². The Morgan fingerprint density at radius 3 is 2.33 bits per heavy atom. The van der Waals surface area contributed by atoms with Gasteiger partial charge in [0.25, 0.3) is 5.91 Å². The Kier molecular flexibility index (Phi) is 4.48. The lowest BCUT2D eigenvalue weighted by atomic mass is 10.0. The normalized spacial score (nSPS) is 10.5. The fourth-order valence-electron chi connectivity index (χ4n) is 2.10. The second-order valence-electron chi connectivity index (χ2n) is 5.29. The van der Waals surface area contributed by atoms with Gasteiger partial charge in [-0.2, -0.15) is 0 Å². The third kappa shape index (κ3) is 3.54. The van der Waals surface area contributed by atoms with Gasteiger partial charge in [-0.15, -0.1) is 0 Å². The maximum atomic E-state index is 11.9. The fourth-order valence-corrected chi connectivity index (χ4v) is 2.10. The number of benzene rings is 2. The van der Waals surface area contributed by atoms with Gasteiger partial charge in [0.15, 0.2) is 0 Å². The molecule has 2 aromatic rings. The molecule has 0 saturated heterocycles. The molecule has 0 aliphatic carbocycles. The summed E-state index contributed by atoms with van der Waals surface area (Å²) in [5.41, 5.74) is 9.90. The van der Waals surface area contributed by atoms with Crippen LogP contribution in [0.25, 0.3) is 0 Å². The van der Waals surface area contributed by atoms with Crippen LogP contribution >= 0.6 is 0 Å². The molecule has 0 saturated carbocycles. The van der Waals surface area contributed by atoms with Gasteiger partial charge in [0.2, 0.25) is 0 Å². The number of nitrogens with one attached hydrogen (secondary N) is 2. The Morgan fingerprint density at radius 2 is 1.76 bits per heavy atom. The van der Waals surface area contributed by atoms with Crippen LogP contribution < -0.4 is 16.4 Å². The van der Waals surface area contributed by atoms with Crippen molar-refractivity contribution >= 4 is 23.0 Å². The number of amides is 1. The van der Waals surface area contributed by atoms with Gasteiger partial charge in [-0.1, -0.05) is 26.0 Å². The fraction of sp³-hybridized carbons (Fsp3) is 0.235. The summed E-state index contributed by atoms with van der Waals surface area (Å²) in [7, 11) is 1.61. The molecule has 21 heavy (non-hydrogen) atoms. The van der Waals surface area contributed by atoms with Crippen LogP contribution in [0, 0.1) is 0 Å². The molecular weight excluding hydrogens is 262 g/mol. The van der Waals surface area contributed by atoms with Gasteiger partial charge in [0.05, 0.1) is 11.3 Å². The van der Waals surface area contributed by atoms with Crippen molar-refractivity contribution < 1.29 is 4.79 Å². The highest BCUT2D eigenvalue weighted by atomic mass is 16.1. The summed E-state index contributed by atoms with van der Waals surface area (Å²) in [5.74, 6) is 0.351. The molecule has 0 bridgehead atoms. The van der Waals surface area contributed by atoms with Crippen LogP contribution in [0.3, 0.4) is 0 Å². The zero-order valence-corrected chi connectivity index (χ0v) is 12.6. The van der Waals surface area contributed by atoms with E-state index in [0.717, 1.165) is 5.69 Å². The summed E-state index contributed by atoms with van der Waals surface area (Å²) in [5, 5.41) is 5.89. The molecule has 4 nitrogen and oxygen atoms in total. The highest BCUT2D eigenvalue weighted by Crippen LogP contribution is 2.25. The Morgan fingerprint density at radius 1 is 1.10 bits per heavy atom. The molecular formula is C17H21N3O. The van der Waals surface area contributed by atoms with E-state index in [2.05, 4.69) is 36.6 Å². The minimum Gasteiger partial charge on any atom is -0.399 e. The minimum atomic E-state index is -0.142. The summed E-state index contributed by atoms with van der Waals surface area (Å²) in [4.78, 5) is 11.9. The SMILES string of the molecule is CNC(=O)c1ccc(N)cc1Nc1ccc(C(C)C)cc1. The maximum Gasteiger partial charge on any atom is 0.253 e. The first-order chi connectivity index (χ1) is 10.0. The largest absolute Gasteiger partial charge is 0.399 e. The molecule has 0 aliphatic heterocycles. The number of nitrogens with two attached hydrogens (primary N) is 1. The van der Waals surface area contributed by atoms with Crippen molar-refractivity contribution in [1.82, 2.24) is 5.32 Å². The van der Waals surface area contributed by atoms with Crippen molar-refractivity contribution in [2.24, 2.45) is 0 Å². The number of hydrogen-bond donors (Lipinski definition) is 3. The smallest absolute Gasteiger partial charge is 0.253 e. The lowest BCUT2D eigenvalue weighted by molar-refractivity contribution is 0.0964. The summed E-state index contributed by atoms with van der Waals surface area (Å²) in [6, 6.07) is 13.4. The molecule has 0 heterocycles. The summed E-state index contributed by atoms with van der Waals surface area (Å²) < 4.78 is 0. The van der Waals surface area contributed by atoms with Gasteiger partial charge < -0.3 is 16.4 Å². The Hall–Kier alpha value is -2.49. The van der Waals surface area contributed by atoms with E-state index in [-0.39, 0.29) is 5.91 Å². The molecule has 110 valence electrons. The van der Waals surface area contributed by atoms with Gasteiger partial charge in [-0.3, -0.25) is 4.79 Å². The lowest BCUT2D eigenvalue weighted by Crippen LogP contribution is -2.19. The summed E-state index contributed by atoms with van der Waals surface area (Å²) in [6.45, 7) is 4.31. The average molecular weight is 283 g/mol. The molecule has 0 fully saturated rings. The maximum absolute atomic E-state index is 11.9. The number of carbonyl (C=O) groups is 1. The third-order valence-electron chi connectivity index (χ3n) is 3.37. The van der Waals surface area contributed by atoms with Crippen molar-refractivity contribution in [3.8, 4) is 0 Å². The van der Waals surface area contributed by atoms with Gasteiger partial charge in [-0.25, -0.2) is 0 Å². The molecule has 0 radical (unpaired) electrons. The molecule has 0 unspecified atom stereocenters. The molecule has 1 amide bonds. The number of carbonyl (C=O) groups excluding carboxylic acids is 1. The van der Waals surface area contributed by atoms with Crippen LogP contribution in [0.2, 0.25) is 0 Å². The van der Waals surface area contributed by atoms with E-state index in [0.29, 0.717) is 22.9 Å². The van der Waals surface area contributed by atoms with Crippen LogP contribution in [0.5, 0.6) is 0 Å². The van der Waals surface area contributed by atoms with E-state index in [1.807, 2.05) is 12.1 Å². The van der Waals surface area contributed by atoms with Gasteiger partial charge >= 0.3 is 0 Å². The van der Waals surface area contributed by atoms with E-state index >= 15 is 0 Å². The highest BCUT2D eigenvalue weighted by Gasteiger charge is 2.10. The van der Waals surface area contributed by atoms with Crippen molar-refractivity contribution in [3.63, 3.8) is 0 Å². The molecule has 0 aliphatic rings. The first-order valence-corrected chi connectivity index (χ1v) is 7.00. The number of nitrogen functional groups attached to an aromatic ring is 1. The van der Waals surface area contributed by atoms with Gasteiger partial charge in [0, 0.05) is 18.4 Å². The molecule has 0 aromatic heterocycles. The Balaban J connectivity index is 2.30. The van der Waals surface area contributed by atoms with Gasteiger partial charge in [-0.05, 0) is 41.8 Å². The van der Waals surface area contributed by atoms with Crippen LogP contribution in [-0.2, 0) is 0 Å². The van der Waals surface area contributed by atoms with E-state index < -0.39 is 0 Å². The average Bonchev–Trinajstić information content (AvgIpc) is 2.47. The third-order valence-corrected chi connectivity index (χ3v) is 3.37. The second kappa shape index (κ2) is 6.31. The van der Waals surface area contributed by atoms with Crippen molar-refractivity contribution in [3.05, 3.63) is 53.6 Å². The lowest BCUT2D eigenvalue weighted by Gasteiger charge is -2.13. The monoisotopic (exact) mass is 283 g/mol. The van der Waals surface area contributed by atoms with Crippen LogP contribution in [-0.4, -0.2) is 13.0 Å². The number of hydrogen-bond acceptors (Lipinski definition) is 3. The zero-order chi connectivity index (χ0) is 15.4. The topological polar surface area (TPSA) is 67.2 Å². The van der Waals surface area contributed by atoms with E-state index in [4.69, 9.17) is 5.73 Å². The first kappa shape index (κ1) is 14.9. The number of rotatable bonds is 4. The van der Waals surface area contributed by atoms with Crippen LogP contribution in [0.15, 0.2) is 42.5 Å². The van der Waals surface area contributed by atoms with Crippen molar-refractivity contribution in [1.29, 1.82) is 0 Å². The van der Waals surface area contributed by atoms with Crippen LogP contribution in [0.4, 0.5) is 17.1 Å². The van der Waals surface area contributed by atoms with Crippen molar-refractivity contribution in [2.45, 2.75) is 19.8 Å². The minimum absolute atomic E-state index is 0.142. The zero-order valence-electron chi connectivity index (χ0n) is 12.6. The molecule has 4 heteroatoms. The molecule has 0 spiro atoms. The Bertz CT molecular complexity index is 633. The van der Waals surface area contributed by atoms with E-state index in [1.165, 1.54) is 5.56 Å². The first-order valence-electron chi connectivity index (χ1n) is 7.00. The van der Waals surface area contributed by atoms with Crippen LogP contribution in [0.1, 0.15) is 35.7 Å². The summed E-state index contributed by atoms with van der Waals surface area (Å²) in [6.07, 6.45) is 0. The second-order valence-corrected chi connectivity index (χ2v) is 5.29. The van der Waals surface area contributed by atoms with Gasteiger partial charge in [0.1, 0.15) is 0 Å². The quantitative estimate of drug-likeness (QED) is 0.752. The molecule has 2 rings (SSSR count). The standard InChI is InChI=1S/C17H21N3O/c1-11(2)12-4-7-14(8-5-12)20-16-10-13(18)6-9-15(16)17(21)19-3/h4-11,20H,18H2,1-3H3,(H,19,21). The number of anilines is 3. The Labute approximate surface area is 125 Å². The molecule has 2 aromatic carbocycles.